The molecule has 0 fully saturated rings. The summed E-state index contributed by atoms with van der Waals surface area (Å²) in [6.07, 6.45) is 0.720. The molecular weight excluding hydrogens is 228 g/mol. The molecule has 1 aromatic rings. The van der Waals surface area contributed by atoms with Crippen LogP contribution in [0.4, 0.5) is 11.8 Å². The first-order valence-electron chi connectivity index (χ1n) is 6.53. The van der Waals surface area contributed by atoms with Gasteiger partial charge in [0.25, 0.3) is 0 Å². The Balaban J connectivity index is 2.81. The lowest BCUT2D eigenvalue weighted by Gasteiger charge is -2.22. The molecule has 0 bridgehead atoms. The zero-order valence-electron chi connectivity index (χ0n) is 11.7. The number of hydrogen-bond donors (Lipinski definition) is 3. The normalized spacial score (nSPS) is 12.6. The highest BCUT2D eigenvalue weighted by molar-refractivity contribution is 5.42. The van der Waals surface area contributed by atoms with Crippen molar-refractivity contribution in [3.63, 3.8) is 0 Å². The average Bonchev–Trinajstić information content (AvgIpc) is 2.28. The first kappa shape index (κ1) is 14.7. The molecule has 3 N–H and O–H groups in total. The quantitative estimate of drug-likeness (QED) is 0.692. The van der Waals surface area contributed by atoms with Crippen molar-refractivity contribution in [3.05, 3.63) is 11.8 Å². The Labute approximate surface area is 109 Å². The van der Waals surface area contributed by atoms with E-state index in [1.54, 1.807) is 0 Å². The minimum absolute atomic E-state index is 0.181. The maximum atomic E-state index is 9.07. The minimum Gasteiger partial charge on any atom is -0.396 e. The number of aromatic nitrogens is 2. The first-order chi connectivity index (χ1) is 8.56. The van der Waals surface area contributed by atoms with Crippen molar-refractivity contribution in [2.45, 2.75) is 40.2 Å². The van der Waals surface area contributed by atoms with Crippen molar-refractivity contribution in [3.8, 4) is 0 Å². The second kappa shape index (κ2) is 7.16. The Hall–Kier alpha value is -1.36. The maximum absolute atomic E-state index is 9.07. The summed E-state index contributed by atoms with van der Waals surface area (Å²) in [4.78, 5) is 8.72. The predicted molar refractivity (Wildman–Crippen MR) is 74.9 cm³/mol. The largest absolute Gasteiger partial charge is 0.396 e. The molecule has 18 heavy (non-hydrogen) atoms. The molecule has 0 aliphatic carbocycles. The smallest absolute Gasteiger partial charge is 0.224 e. The van der Waals surface area contributed by atoms with Crippen LogP contribution in [0.15, 0.2) is 6.07 Å². The van der Waals surface area contributed by atoms with E-state index in [-0.39, 0.29) is 12.6 Å². The summed E-state index contributed by atoms with van der Waals surface area (Å²) >= 11 is 0. The van der Waals surface area contributed by atoms with E-state index in [4.69, 9.17) is 5.11 Å². The molecule has 1 atom stereocenters. The van der Waals surface area contributed by atoms with Gasteiger partial charge < -0.3 is 15.7 Å². The lowest BCUT2D eigenvalue weighted by molar-refractivity contribution is 0.267. The highest BCUT2D eigenvalue weighted by atomic mass is 16.3. The van der Waals surface area contributed by atoms with Gasteiger partial charge in [0.2, 0.25) is 5.95 Å². The van der Waals surface area contributed by atoms with Crippen molar-refractivity contribution in [2.24, 2.45) is 5.92 Å². The van der Waals surface area contributed by atoms with Crippen LogP contribution in [0.3, 0.4) is 0 Å². The molecule has 1 unspecified atom stereocenters. The Morgan fingerprint density at radius 2 is 2.06 bits per heavy atom. The molecule has 0 radical (unpaired) electrons. The van der Waals surface area contributed by atoms with Crippen LogP contribution in [-0.2, 0) is 0 Å². The topological polar surface area (TPSA) is 70.1 Å². The molecule has 0 saturated carbocycles. The number of hydrogen-bond acceptors (Lipinski definition) is 5. The zero-order chi connectivity index (χ0) is 13.5. The second-order valence-corrected chi connectivity index (χ2v) is 4.76. The van der Waals surface area contributed by atoms with Crippen LogP contribution in [0.25, 0.3) is 0 Å². The monoisotopic (exact) mass is 252 g/mol. The van der Waals surface area contributed by atoms with Gasteiger partial charge in [-0.3, -0.25) is 0 Å². The summed E-state index contributed by atoms with van der Waals surface area (Å²) < 4.78 is 0. The lowest BCUT2D eigenvalue weighted by atomic mass is 10.0. The zero-order valence-corrected chi connectivity index (χ0v) is 11.7. The van der Waals surface area contributed by atoms with Gasteiger partial charge in [-0.15, -0.1) is 0 Å². The summed E-state index contributed by atoms with van der Waals surface area (Å²) in [6, 6.07) is 2.15. The Morgan fingerprint density at radius 3 is 2.61 bits per heavy atom. The Kier molecular flexibility index (Phi) is 5.85. The Bertz CT molecular complexity index is 368. The minimum atomic E-state index is 0.181. The molecule has 0 saturated heterocycles. The number of nitrogens with one attached hydrogen (secondary N) is 2. The fraction of sp³-hybridized carbons (Fsp3) is 0.692. The van der Waals surface area contributed by atoms with Crippen LogP contribution < -0.4 is 10.6 Å². The summed E-state index contributed by atoms with van der Waals surface area (Å²) in [5.74, 6) is 1.90. The Morgan fingerprint density at radius 1 is 1.33 bits per heavy atom. The van der Waals surface area contributed by atoms with Gasteiger partial charge in [-0.25, -0.2) is 4.98 Å². The van der Waals surface area contributed by atoms with Crippen molar-refractivity contribution in [2.75, 3.05) is 23.8 Å². The summed E-state index contributed by atoms with van der Waals surface area (Å²) in [5.41, 5.74) is 0.926. The highest BCUT2D eigenvalue weighted by Crippen LogP contribution is 2.15. The van der Waals surface area contributed by atoms with Crippen LogP contribution in [0.2, 0.25) is 0 Å². The molecule has 102 valence electrons. The fourth-order valence-corrected chi connectivity index (χ4v) is 1.78. The van der Waals surface area contributed by atoms with E-state index in [0.717, 1.165) is 24.5 Å². The standard InChI is InChI=1S/C13H24N4O/c1-5-14-13-15-10(4)8-12(17-13)16-11(6-7-18)9(2)3/h8-9,11,18H,5-7H2,1-4H3,(H2,14,15,16,17). The third kappa shape index (κ3) is 4.49. The van der Waals surface area contributed by atoms with Gasteiger partial charge in [0.15, 0.2) is 0 Å². The van der Waals surface area contributed by atoms with Gasteiger partial charge in [0.1, 0.15) is 5.82 Å². The fourth-order valence-electron chi connectivity index (χ4n) is 1.78. The van der Waals surface area contributed by atoms with E-state index < -0.39 is 0 Å². The summed E-state index contributed by atoms with van der Waals surface area (Å²) in [6.45, 7) is 9.21. The van der Waals surface area contributed by atoms with Gasteiger partial charge in [-0.1, -0.05) is 13.8 Å². The van der Waals surface area contributed by atoms with Gasteiger partial charge in [0.05, 0.1) is 0 Å². The molecule has 1 aromatic heterocycles. The van der Waals surface area contributed by atoms with E-state index in [1.807, 2.05) is 19.9 Å². The van der Waals surface area contributed by atoms with Gasteiger partial charge >= 0.3 is 0 Å². The molecule has 1 rings (SSSR count). The van der Waals surface area contributed by atoms with Crippen molar-refractivity contribution in [1.82, 2.24) is 9.97 Å². The summed E-state index contributed by atoms with van der Waals surface area (Å²) in [7, 11) is 0. The number of nitrogens with zero attached hydrogens (tertiary/aromatic N) is 2. The second-order valence-electron chi connectivity index (χ2n) is 4.76. The number of anilines is 2. The number of aryl methyl sites for hydroxylation is 1. The van der Waals surface area contributed by atoms with E-state index in [0.29, 0.717) is 11.9 Å². The van der Waals surface area contributed by atoms with Crippen LogP contribution in [0, 0.1) is 12.8 Å². The SMILES string of the molecule is CCNc1nc(C)cc(NC(CCO)C(C)C)n1. The molecule has 0 aliphatic rings. The van der Waals surface area contributed by atoms with Gasteiger partial charge in [0, 0.05) is 31.0 Å². The van der Waals surface area contributed by atoms with E-state index >= 15 is 0 Å². The summed E-state index contributed by atoms with van der Waals surface area (Å²) in [5, 5.41) is 15.6. The average molecular weight is 252 g/mol. The van der Waals surface area contributed by atoms with Crippen LogP contribution >= 0.6 is 0 Å². The predicted octanol–water partition coefficient (Wildman–Crippen LogP) is 2.04. The number of rotatable bonds is 7. The molecule has 0 spiro atoms. The maximum Gasteiger partial charge on any atom is 0.224 e. The molecule has 5 nitrogen and oxygen atoms in total. The number of aliphatic hydroxyl groups is 1. The van der Waals surface area contributed by atoms with Crippen LogP contribution in [-0.4, -0.2) is 34.3 Å². The molecule has 0 amide bonds. The third-order valence-electron chi connectivity index (χ3n) is 2.77. The highest BCUT2D eigenvalue weighted by Gasteiger charge is 2.13. The van der Waals surface area contributed by atoms with E-state index in [9.17, 15) is 0 Å². The van der Waals surface area contributed by atoms with Crippen LogP contribution in [0.5, 0.6) is 0 Å². The molecule has 5 heteroatoms. The first-order valence-corrected chi connectivity index (χ1v) is 6.53. The van der Waals surface area contributed by atoms with Gasteiger partial charge in [-0.2, -0.15) is 4.98 Å². The molecule has 1 heterocycles. The molecule has 0 aromatic carbocycles. The third-order valence-corrected chi connectivity index (χ3v) is 2.77. The molecule has 0 aliphatic heterocycles. The van der Waals surface area contributed by atoms with Gasteiger partial charge in [-0.05, 0) is 26.2 Å². The van der Waals surface area contributed by atoms with E-state index in [2.05, 4.69) is 34.4 Å². The van der Waals surface area contributed by atoms with Crippen molar-refractivity contribution >= 4 is 11.8 Å². The van der Waals surface area contributed by atoms with Crippen molar-refractivity contribution in [1.29, 1.82) is 0 Å². The van der Waals surface area contributed by atoms with Crippen molar-refractivity contribution < 1.29 is 5.11 Å². The lowest BCUT2D eigenvalue weighted by Crippen LogP contribution is -2.27. The molecular formula is C13H24N4O. The van der Waals surface area contributed by atoms with E-state index in [1.165, 1.54) is 0 Å². The van der Waals surface area contributed by atoms with Crippen LogP contribution in [0.1, 0.15) is 32.9 Å². The number of aliphatic hydroxyl groups excluding tert-OH is 1.